The van der Waals surface area contributed by atoms with Crippen molar-refractivity contribution in [3.63, 3.8) is 0 Å². The van der Waals surface area contributed by atoms with Gasteiger partial charge in [0.1, 0.15) is 5.82 Å². The average Bonchev–Trinajstić information content (AvgIpc) is 2.67. The minimum atomic E-state index is 0.0788. The van der Waals surface area contributed by atoms with Crippen LogP contribution in [0.15, 0.2) is 48.7 Å². The Balaban J connectivity index is 1.80. The van der Waals surface area contributed by atoms with Crippen molar-refractivity contribution in [2.45, 2.75) is 19.9 Å². The lowest BCUT2D eigenvalue weighted by Gasteiger charge is -2.29. The van der Waals surface area contributed by atoms with Crippen molar-refractivity contribution in [2.75, 3.05) is 22.9 Å². The molecule has 136 valence electrons. The molecule has 0 bridgehead atoms. The molecule has 0 radical (unpaired) electrons. The Bertz CT molecular complexity index is 1120. The smallest absolute Gasteiger partial charge is 0.227 e. The molecule has 0 aliphatic heterocycles. The van der Waals surface area contributed by atoms with Crippen LogP contribution in [0.1, 0.15) is 25.5 Å². The molecule has 1 atom stereocenters. The van der Waals surface area contributed by atoms with E-state index < -0.39 is 0 Å². The van der Waals surface area contributed by atoms with E-state index in [9.17, 15) is 0 Å². The second-order valence-electron chi connectivity index (χ2n) is 6.40. The minimum Gasteiger partial charge on any atom is -0.383 e. The van der Waals surface area contributed by atoms with E-state index in [0.717, 1.165) is 6.54 Å². The van der Waals surface area contributed by atoms with Crippen LogP contribution in [0.3, 0.4) is 0 Å². The highest BCUT2D eigenvalue weighted by Crippen LogP contribution is 2.30. The maximum absolute atomic E-state index is 5.90. The Morgan fingerprint density at radius 1 is 0.963 bits per heavy atom. The normalized spacial score (nSPS) is 12.4. The van der Waals surface area contributed by atoms with Crippen LogP contribution in [-0.2, 0) is 0 Å². The number of nitrogens with zero attached hydrogens (tertiary/aromatic N) is 5. The Labute approximate surface area is 157 Å². The quantitative estimate of drug-likeness (QED) is 0.575. The number of hydrogen-bond donors (Lipinski definition) is 2. The molecule has 0 aliphatic carbocycles. The topological polar surface area (TPSA) is 107 Å². The van der Waals surface area contributed by atoms with E-state index in [1.165, 1.54) is 16.3 Å². The lowest BCUT2D eigenvalue weighted by Crippen LogP contribution is -2.28. The first kappa shape index (κ1) is 17.0. The Kier molecular flexibility index (Phi) is 4.19. The number of nitrogen functional groups attached to an aromatic ring is 2. The van der Waals surface area contributed by atoms with Gasteiger partial charge in [-0.3, -0.25) is 0 Å². The molecule has 2 aromatic heterocycles. The van der Waals surface area contributed by atoms with Gasteiger partial charge in [-0.15, -0.1) is 0 Å². The third-order valence-electron chi connectivity index (χ3n) is 4.83. The lowest BCUT2D eigenvalue weighted by molar-refractivity contribution is 0.674. The molecule has 0 spiro atoms. The molecular formula is C20H21N7. The van der Waals surface area contributed by atoms with Gasteiger partial charge < -0.3 is 16.4 Å². The zero-order valence-electron chi connectivity index (χ0n) is 15.3. The highest BCUT2D eigenvalue weighted by Gasteiger charge is 2.20. The van der Waals surface area contributed by atoms with Gasteiger partial charge >= 0.3 is 0 Å². The molecule has 2 aromatic carbocycles. The largest absolute Gasteiger partial charge is 0.383 e. The number of aromatic nitrogens is 4. The van der Waals surface area contributed by atoms with Crippen LogP contribution in [-0.4, -0.2) is 26.5 Å². The summed E-state index contributed by atoms with van der Waals surface area (Å²) < 4.78 is 0. The second-order valence-corrected chi connectivity index (χ2v) is 6.40. The summed E-state index contributed by atoms with van der Waals surface area (Å²) in [5.41, 5.74) is 13.3. The maximum atomic E-state index is 5.90. The van der Waals surface area contributed by atoms with Crippen molar-refractivity contribution < 1.29 is 0 Å². The number of rotatable bonds is 4. The third kappa shape index (κ3) is 2.97. The molecule has 1 unspecified atom stereocenters. The standard InChI is InChI=1S/C20H21N7/c1-3-27(12(2)14-10-6-8-13-7-4-5-9-15(13)14)20-23-11-16-17(21)24-19(22)25-18(16)26-20/h4-12H,3H2,1-2H3,(H4,21,22,23,24,25,26). The van der Waals surface area contributed by atoms with Gasteiger partial charge in [-0.25, -0.2) is 4.98 Å². The minimum absolute atomic E-state index is 0.0788. The lowest BCUT2D eigenvalue weighted by atomic mass is 9.99. The van der Waals surface area contributed by atoms with Crippen LogP contribution in [0.4, 0.5) is 17.7 Å². The van der Waals surface area contributed by atoms with Crippen LogP contribution >= 0.6 is 0 Å². The molecule has 4 rings (SSSR count). The van der Waals surface area contributed by atoms with E-state index in [2.05, 4.69) is 81.1 Å². The SMILES string of the molecule is CCN(c1ncc2c(N)nc(N)nc2n1)C(C)c1cccc2ccccc12. The Hall–Kier alpha value is -3.48. The van der Waals surface area contributed by atoms with Gasteiger partial charge in [0, 0.05) is 12.7 Å². The summed E-state index contributed by atoms with van der Waals surface area (Å²) in [7, 11) is 0. The third-order valence-corrected chi connectivity index (χ3v) is 4.83. The van der Waals surface area contributed by atoms with Gasteiger partial charge in [-0.1, -0.05) is 42.5 Å². The number of fused-ring (bicyclic) bond motifs is 2. The zero-order valence-corrected chi connectivity index (χ0v) is 15.3. The van der Waals surface area contributed by atoms with Crippen molar-refractivity contribution in [1.29, 1.82) is 0 Å². The fourth-order valence-corrected chi connectivity index (χ4v) is 3.46. The van der Waals surface area contributed by atoms with Crippen LogP contribution in [0.25, 0.3) is 21.8 Å². The van der Waals surface area contributed by atoms with E-state index in [1.807, 2.05) is 0 Å². The molecule has 0 fully saturated rings. The van der Waals surface area contributed by atoms with Gasteiger partial charge in [0.05, 0.1) is 11.4 Å². The summed E-state index contributed by atoms with van der Waals surface area (Å²) in [6.45, 7) is 4.98. The highest BCUT2D eigenvalue weighted by molar-refractivity contribution is 5.87. The fourth-order valence-electron chi connectivity index (χ4n) is 3.46. The predicted molar refractivity (Wildman–Crippen MR) is 109 cm³/mol. The summed E-state index contributed by atoms with van der Waals surface area (Å²) in [4.78, 5) is 19.4. The summed E-state index contributed by atoms with van der Waals surface area (Å²) in [5.74, 6) is 0.979. The first-order valence-corrected chi connectivity index (χ1v) is 8.88. The van der Waals surface area contributed by atoms with E-state index >= 15 is 0 Å². The molecule has 0 aliphatic rings. The van der Waals surface area contributed by atoms with Crippen LogP contribution in [0.5, 0.6) is 0 Å². The van der Waals surface area contributed by atoms with Gasteiger partial charge in [0.15, 0.2) is 5.65 Å². The molecule has 27 heavy (non-hydrogen) atoms. The highest BCUT2D eigenvalue weighted by atomic mass is 15.3. The fraction of sp³-hybridized carbons (Fsp3) is 0.200. The molecule has 4 aromatic rings. The molecule has 0 amide bonds. The number of anilines is 3. The monoisotopic (exact) mass is 359 g/mol. The molecule has 4 N–H and O–H groups in total. The Morgan fingerprint density at radius 3 is 2.56 bits per heavy atom. The number of hydrogen-bond acceptors (Lipinski definition) is 7. The van der Waals surface area contributed by atoms with E-state index in [1.54, 1.807) is 6.20 Å². The number of benzene rings is 2. The van der Waals surface area contributed by atoms with Crippen LogP contribution < -0.4 is 16.4 Å². The van der Waals surface area contributed by atoms with Gasteiger partial charge in [0.25, 0.3) is 0 Å². The van der Waals surface area contributed by atoms with Crippen molar-refractivity contribution in [2.24, 2.45) is 0 Å². The summed E-state index contributed by atoms with van der Waals surface area (Å²) in [6.07, 6.45) is 1.66. The van der Waals surface area contributed by atoms with Gasteiger partial charge in [-0.2, -0.15) is 15.0 Å². The first-order valence-electron chi connectivity index (χ1n) is 8.88. The maximum Gasteiger partial charge on any atom is 0.227 e. The number of nitrogens with two attached hydrogens (primary N) is 2. The van der Waals surface area contributed by atoms with Crippen LogP contribution in [0.2, 0.25) is 0 Å². The van der Waals surface area contributed by atoms with Crippen molar-refractivity contribution >= 4 is 39.5 Å². The molecule has 2 heterocycles. The molecule has 7 nitrogen and oxygen atoms in total. The molecular weight excluding hydrogens is 338 g/mol. The molecule has 0 saturated heterocycles. The summed E-state index contributed by atoms with van der Waals surface area (Å²) in [6, 6.07) is 14.8. The van der Waals surface area contributed by atoms with E-state index in [4.69, 9.17) is 11.5 Å². The first-order chi connectivity index (χ1) is 13.1. The van der Waals surface area contributed by atoms with Gasteiger partial charge in [-0.05, 0) is 30.2 Å². The predicted octanol–water partition coefficient (Wildman–Crippen LogP) is 3.32. The summed E-state index contributed by atoms with van der Waals surface area (Å²) in [5, 5.41) is 3.04. The van der Waals surface area contributed by atoms with Crippen LogP contribution in [0, 0.1) is 0 Å². The van der Waals surface area contributed by atoms with Gasteiger partial charge in [0.2, 0.25) is 11.9 Å². The van der Waals surface area contributed by atoms with E-state index in [0.29, 0.717) is 17.0 Å². The summed E-state index contributed by atoms with van der Waals surface area (Å²) >= 11 is 0. The average molecular weight is 359 g/mol. The van der Waals surface area contributed by atoms with Crippen molar-refractivity contribution in [3.8, 4) is 0 Å². The molecule has 7 heteroatoms. The van der Waals surface area contributed by atoms with Crippen molar-refractivity contribution in [3.05, 3.63) is 54.2 Å². The van der Waals surface area contributed by atoms with Crippen molar-refractivity contribution in [1.82, 2.24) is 19.9 Å². The molecule has 0 saturated carbocycles. The second kappa shape index (κ2) is 6.68. The Morgan fingerprint density at radius 2 is 1.74 bits per heavy atom. The zero-order chi connectivity index (χ0) is 19.0. The van der Waals surface area contributed by atoms with E-state index in [-0.39, 0.29) is 17.8 Å².